The molecule has 2 aliphatic heterocycles. The van der Waals surface area contributed by atoms with Crippen LogP contribution in [0.3, 0.4) is 0 Å². The molecule has 0 aromatic heterocycles. The lowest BCUT2D eigenvalue weighted by molar-refractivity contribution is 0.589. The minimum atomic E-state index is 0.0408. The van der Waals surface area contributed by atoms with Crippen molar-refractivity contribution in [3.63, 3.8) is 0 Å². The molecule has 0 amide bonds. The molecule has 0 bridgehead atoms. The Bertz CT molecular complexity index is 1350. The number of rotatable bonds is 0. The largest absolute Gasteiger partial charge is 0.241 e. The lowest BCUT2D eigenvalue weighted by Crippen LogP contribution is -2.43. The van der Waals surface area contributed by atoms with Crippen LogP contribution in [0.4, 0.5) is 0 Å². The highest BCUT2D eigenvalue weighted by Gasteiger charge is 2.52. The Morgan fingerprint density at radius 2 is 1.28 bits per heavy atom. The number of fused-ring (bicyclic) bond motifs is 7. The van der Waals surface area contributed by atoms with Gasteiger partial charge in [0.25, 0.3) is 0 Å². The molecule has 1 aliphatic carbocycles. The van der Waals surface area contributed by atoms with Gasteiger partial charge in [-0.3, -0.25) is 0 Å². The van der Waals surface area contributed by atoms with E-state index in [1.54, 1.807) is 10.9 Å². The summed E-state index contributed by atoms with van der Waals surface area (Å²) >= 11 is 0. The van der Waals surface area contributed by atoms with Gasteiger partial charge in [0.15, 0.2) is 0 Å². The first-order valence-corrected chi connectivity index (χ1v) is 12.1. The Morgan fingerprint density at radius 3 is 1.97 bits per heavy atom. The fraction of sp³-hybridized carbons (Fsp3) is 0.355. The van der Waals surface area contributed by atoms with Crippen LogP contribution < -0.4 is 10.9 Å². The zero-order valence-electron chi connectivity index (χ0n) is 20.8. The third-order valence-corrected chi connectivity index (χ3v) is 8.23. The molecular weight excluding hydrogens is 383 g/mol. The molecule has 160 valence electrons. The van der Waals surface area contributed by atoms with Crippen LogP contribution in [-0.2, 0) is 16.2 Å². The van der Waals surface area contributed by atoms with E-state index in [1.807, 2.05) is 0 Å². The van der Waals surface area contributed by atoms with Crippen molar-refractivity contribution in [2.45, 2.75) is 71.6 Å². The molecule has 3 aliphatic rings. The van der Waals surface area contributed by atoms with Gasteiger partial charge in [-0.1, -0.05) is 126 Å². The normalized spacial score (nSPS) is 17.4. The van der Waals surface area contributed by atoms with Crippen LogP contribution in [0.15, 0.2) is 60.1 Å². The van der Waals surface area contributed by atoms with Crippen LogP contribution >= 0.6 is 0 Å². The third-order valence-electron chi connectivity index (χ3n) is 8.23. The van der Waals surface area contributed by atoms with Gasteiger partial charge in [0.1, 0.15) is 0 Å². The van der Waals surface area contributed by atoms with Crippen molar-refractivity contribution >= 4 is 23.2 Å². The molecule has 3 aromatic rings. The highest BCUT2D eigenvalue weighted by Crippen LogP contribution is 2.54. The fourth-order valence-electron chi connectivity index (χ4n) is 6.43. The zero-order chi connectivity index (χ0) is 22.8. The predicted octanol–water partition coefficient (Wildman–Crippen LogP) is 6.52. The minimum absolute atomic E-state index is 0.0408. The van der Waals surface area contributed by atoms with Gasteiger partial charge in [-0.05, 0) is 55.3 Å². The van der Waals surface area contributed by atoms with E-state index in [0.29, 0.717) is 6.71 Å². The van der Waals surface area contributed by atoms with Crippen molar-refractivity contribution in [1.29, 1.82) is 0 Å². The Balaban J connectivity index is 1.72. The molecule has 1 heteroatoms. The van der Waals surface area contributed by atoms with Crippen molar-refractivity contribution in [3.8, 4) is 11.1 Å². The summed E-state index contributed by atoms with van der Waals surface area (Å²) < 4.78 is 0. The van der Waals surface area contributed by atoms with Gasteiger partial charge in [0, 0.05) is 5.41 Å². The molecule has 0 saturated carbocycles. The molecule has 0 spiro atoms. The number of hydrogen-bond acceptors (Lipinski definition) is 0. The van der Waals surface area contributed by atoms with E-state index in [1.165, 1.54) is 50.0 Å². The molecule has 0 radical (unpaired) electrons. The molecule has 0 N–H and O–H groups in total. The molecule has 0 fully saturated rings. The maximum atomic E-state index is 2.52. The summed E-state index contributed by atoms with van der Waals surface area (Å²) in [6.07, 6.45) is 0. The molecular formula is C31H33B. The fourth-order valence-corrected chi connectivity index (χ4v) is 6.43. The summed E-state index contributed by atoms with van der Waals surface area (Å²) in [5.41, 5.74) is 16.7. The molecule has 2 heterocycles. The second kappa shape index (κ2) is 5.87. The van der Waals surface area contributed by atoms with Crippen LogP contribution in [0.5, 0.6) is 0 Å². The number of allylic oxidation sites excluding steroid dienone is 1. The van der Waals surface area contributed by atoms with Crippen LogP contribution in [-0.4, -0.2) is 6.71 Å². The maximum absolute atomic E-state index is 2.52. The highest BCUT2D eigenvalue weighted by molar-refractivity contribution is 6.98. The summed E-state index contributed by atoms with van der Waals surface area (Å²) in [6.45, 7) is 19.3. The Kier molecular flexibility index (Phi) is 3.69. The van der Waals surface area contributed by atoms with Crippen molar-refractivity contribution in [2.24, 2.45) is 0 Å². The van der Waals surface area contributed by atoms with E-state index in [9.17, 15) is 0 Å². The zero-order valence-corrected chi connectivity index (χ0v) is 20.8. The van der Waals surface area contributed by atoms with Gasteiger partial charge in [-0.15, -0.1) is 0 Å². The third kappa shape index (κ3) is 2.40. The average molecular weight is 416 g/mol. The van der Waals surface area contributed by atoms with Crippen molar-refractivity contribution < 1.29 is 0 Å². The van der Waals surface area contributed by atoms with Crippen molar-refractivity contribution in [2.75, 3.05) is 0 Å². The minimum Gasteiger partial charge on any atom is -0.0723 e. The molecule has 32 heavy (non-hydrogen) atoms. The average Bonchev–Trinajstić information content (AvgIpc) is 3.30. The molecule has 0 atom stereocenters. The first-order chi connectivity index (χ1) is 14.9. The maximum Gasteiger partial charge on any atom is 0.241 e. The Hall–Kier alpha value is -2.54. The topological polar surface area (TPSA) is 0 Å². The van der Waals surface area contributed by atoms with E-state index in [2.05, 4.69) is 110 Å². The molecule has 0 nitrogen and oxygen atoms in total. The Morgan fingerprint density at radius 1 is 0.656 bits per heavy atom. The van der Waals surface area contributed by atoms with Crippen molar-refractivity contribution in [1.82, 2.24) is 0 Å². The Labute approximate surface area is 193 Å². The first kappa shape index (κ1) is 20.1. The van der Waals surface area contributed by atoms with Crippen LogP contribution in [0.1, 0.15) is 83.2 Å². The second-order valence-corrected chi connectivity index (χ2v) is 12.7. The van der Waals surface area contributed by atoms with Crippen LogP contribution in [0.25, 0.3) is 16.7 Å². The lowest BCUT2D eigenvalue weighted by Gasteiger charge is -2.27. The van der Waals surface area contributed by atoms with E-state index in [0.717, 1.165) is 0 Å². The smallest absolute Gasteiger partial charge is 0.0723 e. The van der Waals surface area contributed by atoms with E-state index in [4.69, 9.17) is 0 Å². The van der Waals surface area contributed by atoms with E-state index < -0.39 is 0 Å². The van der Waals surface area contributed by atoms with Crippen LogP contribution in [0.2, 0.25) is 0 Å². The van der Waals surface area contributed by atoms with Gasteiger partial charge in [0.2, 0.25) is 6.71 Å². The van der Waals surface area contributed by atoms with E-state index >= 15 is 0 Å². The van der Waals surface area contributed by atoms with Gasteiger partial charge >= 0.3 is 0 Å². The summed E-state index contributed by atoms with van der Waals surface area (Å²) in [5, 5.41) is 0. The summed E-state index contributed by atoms with van der Waals surface area (Å²) in [7, 11) is 0. The standard InChI is InChI=1S/C31H33B/c1-29(2,3)18-13-14-25-21(15-18)22-16-19(30(4,5)6)17-23-26-20-11-9-10-12-24(20)31(7,8)28(26)32(25)27(22)23/h9-17H,1-8H3. The van der Waals surface area contributed by atoms with Gasteiger partial charge in [-0.2, -0.15) is 0 Å². The van der Waals surface area contributed by atoms with Crippen molar-refractivity contribution in [3.05, 3.63) is 87.9 Å². The van der Waals surface area contributed by atoms with E-state index in [-0.39, 0.29) is 16.2 Å². The summed E-state index contributed by atoms with van der Waals surface area (Å²) in [4.78, 5) is 0. The number of benzene rings is 3. The molecule has 6 rings (SSSR count). The van der Waals surface area contributed by atoms with Gasteiger partial charge in [-0.25, -0.2) is 0 Å². The molecule has 3 aromatic carbocycles. The second-order valence-electron chi connectivity index (χ2n) is 12.7. The number of hydrogen-bond donors (Lipinski definition) is 0. The van der Waals surface area contributed by atoms with Gasteiger partial charge in [0.05, 0.1) is 0 Å². The molecule has 0 saturated heterocycles. The highest BCUT2D eigenvalue weighted by atomic mass is 14.4. The lowest BCUT2D eigenvalue weighted by atomic mass is 9.36. The summed E-state index contributed by atoms with van der Waals surface area (Å²) in [6, 6.07) is 21.4. The monoisotopic (exact) mass is 416 g/mol. The molecule has 0 unspecified atom stereocenters. The SMILES string of the molecule is CC(C)(C)c1ccc2c(c1)-c1cc(C(C)(C)C)cc3c1B2C1=C3c2ccccc2C1(C)C. The van der Waals surface area contributed by atoms with Gasteiger partial charge < -0.3 is 0 Å². The predicted molar refractivity (Wildman–Crippen MR) is 140 cm³/mol. The van der Waals surface area contributed by atoms with Crippen LogP contribution in [0, 0.1) is 0 Å². The first-order valence-electron chi connectivity index (χ1n) is 12.1. The quantitative estimate of drug-likeness (QED) is 0.366. The summed E-state index contributed by atoms with van der Waals surface area (Å²) in [5.74, 6) is 0.